The Hall–Kier alpha value is -2.52. The van der Waals surface area contributed by atoms with Crippen molar-refractivity contribution < 1.29 is 9.59 Å². The van der Waals surface area contributed by atoms with Gasteiger partial charge in [0.15, 0.2) is 0 Å². The number of aromatic nitrogens is 4. The molecule has 0 spiro atoms. The van der Waals surface area contributed by atoms with Crippen molar-refractivity contribution in [3.63, 3.8) is 0 Å². The van der Waals surface area contributed by atoms with Crippen LogP contribution in [0, 0.1) is 5.41 Å². The van der Waals surface area contributed by atoms with Crippen LogP contribution in [-0.2, 0) is 16.1 Å². The minimum Gasteiger partial charge on any atom is -0.350 e. The average Bonchev–Trinajstić information content (AvgIpc) is 3.12. The van der Waals surface area contributed by atoms with Crippen LogP contribution < -0.4 is 11.1 Å². The van der Waals surface area contributed by atoms with E-state index in [4.69, 9.17) is 17.3 Å². The maximum Gasteiger partial charge on any atom is 0.243 e. The zero-order valence-corrected chi connectivity index (χ0v) is 17.6. The van der Waals surface area contributed by atoms with Crippen LogP contribution in [0.2, 0.25) is 5.02 Å². The van der Waals surface area contributed by atoms with E-state index in [9.17, 15) is 9.59 Å². The van der Waals surface area contributed by atoms with Crippen LogP contribution in [0.15, 0.2) is 24.5 Å². The second-order valence-electron chi connectivity index (χ2n) is 8.45. The van der Waals surface area contributed by atoms with Gasteiger partial charge in [-0.05, 0) is 52.4 Å². The number of rotatable bonds is 6. The largest absolute Gasteiger partial charge is 0.350 e. The lowest BCUT2D eigenvalue weighted by Crippen LogP contribution is -2.61. The highest BCUT2D eigenvalue weighted by Crippen LogP contribution is 2.25. The summed E-state index contributed by atoms with van der Waals surface area (Å²) < 4.78 is 1.50. The number of likely N-dealkylation sites (tertiary alicyclic amines) is 1. The van der Waals surface area contributed by atoms with Crippen LogP contribution in [0.5, 0.6) is 0 Å². The SMILES string of the molecule is CC(C)(C)CC(N)C(=O)N1CC[C@H]1C(=O)NCc1cc(Cl)ccc1-n1cnnn1. The second-order valence-corrected chi connectivity index (χ2v) is 8.89. The molecule has 2 aromatic rings. The number of hydrogen-bond acceptors (Lipinski definition) is 6. The summed E-state index contributed by atoms with van der Waals surface area (Å²) in [6, 6.07) is 4.16. The third-order valence-electron chi connectivity index (χ3n) is 4.85. The Morgan fingerprint density at radius 3 is 2.72 bits per heavy atom. The Bertz CT molecular complexity index is 879. The average molecular weight is 420 g/mol. The highest BCUT2D eigenvalue weighted by Gasteiger charge is 2.39. The maximum absolute atomic E-state index is 12.7. The van der Waals surface area contributed by atoms with Gasteiger partial charge < -0.3 is 16.0 Å². The van der Waals surface area contributed by atoms with E-state index in [1.165, 1.54) is 11.0 Å². The lowest BCUT2D eigenvalue weighted by Gasteiger charge is -2.41. The number of benzene rings is 1. The van der Waals surface area contributed by atoms with E-state index in [0.717, 1.165) is 5.56 Å². The predicted molar refractivity (Wildman–Crippen MR) is 108 cm³/mol. The summed E-state index contributed by atoms with van der Waals surface area (Å²) in [6.07, 6.45) is 2.65. The van der Waals surface area contributed by atoms with E-state index < -0.39 is 12.1 Å². The molecule has 10 heteroatoms. The van der Waals surface area contributed by atoms with Gasteiger partial charge in [-0.3, -0.25) is 9.59 Å². The number of amides is 2. The normalized spacial score (nSPS) is 17.6. The predicted octanol–water partition coefficient (Wildman–Crippen LogP) is 1.30. The quantitative estimate of drug-likeness (QED) is 0.728. The summed E-state index contributed by atoms with van der Waals surface area (Å²) in [7, 11) is 0. The van der Waals surface area contributed by atoms with Crippen molar-refractivity contribution >= 4 is 23.4 Å². The molecule has 1 aliphatic heterocycles. The first-order valence-electron chi connectivity index (χ1n) is 9.51. The molecule has 9 nitrogen and oxygen atoms in total. The number of nitrogens with two attached hydrogens (primary N) is 1. The summed E-state index contributed by atoms with van der Waals surface area (Å²) in [5, 5.41) is 14.6. The molecule has 0 radical (unpaired) electrons. The first-order valence-corrected chi connectivity index (χ1v) is 9.89. The molecular weight excluding hydrogens is 394 g/mol. The Kier molecular flexibility index (Phi) is 6.18. The van der Waals surface area contributed by atoms with Crippen molar-refractivity contribution in [2.45, 2.75) is 52.2 Å². The van der Waals surface area contributed by atoms with E-state index in [0.29, 0.717) is 30.1 Å². The number of nitrogens with zero attached hydrogens (tertiary/aromatic N) is 5. The molecule has 3 rings (SSSR count). The lowest BCUT2D eigenvalue weighted by atomic mass is 9.87. The van der Waals surface area contributed by atoms with Gasteiger partial charge in [0.1, 0.15) is 12.4 Å². The highest BCUT2D eigenvalue weighted by molar-refractivity contribution is 6.30. The van der Waals surface area contributed by atoms with Gasteiger partial charge in [0, 0.05) is 18.1 Å². The summed E-state index contributed by atoms with van der Waals surface area (Å²) >= 11 is 6.11. The molecule has 2 heterocycles. The molecule has 1 unspecified atom stereocenters. The van der Waals surface area contributed by atoms with Gasteiger partial charge in [-0.25, -0.2) is 4.68 Å². The van der Waals surface area contributed by atoms with Gasteiger partial charge in [-0.1, -0.05) is 32.4 Å². The number of nitrogens with one attached hydrogen (secondary N) is 1. The standard InChI is InChI=1S/C19H26ClN7O2/c1-19(2,3)9-14(21)18(29)26-7-6-16(26)17(28)22-10-12-8-13(20)4-5-15(12)27-11-23-24-25-27/h4-5,8,11,14,16H,6-7,9-10,21H2,1-3H3,(H,22,28)/t14?,16-/m0/s1. The first-order chi connectivity index (χ1) is 13.7. The molecule has 1 aliphatic rings. The van der Waals surface area contributed by atoms with Crippen LogP contribution in [0.25, 0.3) is 5.69 Å². The number of carbonyl (C=O) groups is 2. The van der Waals surface area contributed by atoms with Crippen LogP contribution >= 0.6 is 11.6 Å². The van der Waals surface area contributed by atoms with Crippen molar-refractivity contribution in [3.8, 4) is 5.69 Å². The monoisotopic (exact) mass is 419 g/mol. The molecule has 1 saturated heterocycles. The minimum absolute atomic E-state index is 0.0586. The van der Waals surface area contributed by atoms with Crippen LogP contribution in [0.3, 0.4) is 0 Å². The van der Waals surface area contributed by atoms with Crippen molar-refractivity contribution in [3.05, 3.63) is 35.1 Å². The number of halogens is 1. The molecular formula is C19H26ClN7O2. The van der Waals surface area contributed by atoms with Gasteiger partial charge in [-0.2, -0.15) is 0 Å². The molecule has 3 N–H and O–H groups in total. The molecule has 156 valence electrons. The molecule has 1 fully saturated rings. The smallest absolute Gasteiger partial charge is 0.243 e. The molecule has 0 aliphatic carbocycles. The number of carbonyl (C=O) groups excluding carboxylic acids is 2. The Morgan fingerprint density at radius 2 is 2.14 bits per heavy atom. The van der Waals surface area contributed by atoms with Gasteiger partial charge in [0.05, 0.1) is 11.7 Å². The van der Waals surface area contributed by atoms with Crippen molar-refractivity contribution in [1.82, 2.24) is 30.4 Å². The van der Waals surface area contributed by atoms with Crippen LogP contribution in [-0.4, -0.2) is 55.5 Å². The van der Waals surface area contributed by atoms with Gasteiger partial charge >= 0.3 is 0 Å². The molecule has 0 bridgehead atoms. The zero-order valence-electron chi connectivity index (χ0n) is 16.8. The fourth-order valence-electron chi connectivity index (χ4n) is 3.37. The Balaban J connectivity index is 1.63. The second kappa shape index (κ2) is 8.46. The third-order valence-corrected chi connectivity index (χ3v) is 5.08. The fraction of sp³-hybridized carbons (Fsp3) is 0.526. The molecule has 2 amide bonds. The molecule has 2 atom stereocenters. The van der Waals surface area contributed by atoms with E-state index in [1.807, 2.05) is 20.8 Å². The van der Waals surface area contributed by atoms with Crippen LogP contribution in [0.1, 0.15) is 39.2 Å². The summed E-state index contributed by atoms with van der Waals surface area (Å²) in [5.74, 6) is -0.390. The lowest BCUT2D eigenvalue weighted by molar-refractivity contribution is -0.148. The van der Waals surface area contributed by atoms with Crippen molar-refractivity contribution in [2.75, 3.05) is 6.54 Å². The number of hydrogen-bond donors (Lipinski definition) is 2. The molecule has 1 aromatic heterocycles. The highest BCUT2D eigenvalue weighted by atomic mass is 35.5. The maximum atomic E-state index is 12.7. The van der Waals surface area contributed by atoms with E-state index >= 15 is 0 Å². The van der Waals surface area contributed by atoms with E-state index in [-0.39, 0.29) is 23.8 Å². The van der Waals surface area contributed by atoms with Gasteiger partial charge in [0.25, 0.3) is 0 Å². The van der Waals surface area contributed by atoms with Gasteiger partial charge in [0.2, 0.25) is 11.8 Å². The van der Waals surface area contributed by atoms with Gasteiger partial charge in [-0.15, -0.1) is 5.10 Å². The van der Waals surface area contributed by atoms with E-state index in [1.54, 1.807) is 23.1 Å². The molecule has 29 heavy (non-hydrogen) atoms. The fourth-order valence-corrected chi connectivity index (χ4v) is 3.57. The summed E-state index contributed by atoms with van der Waals surface area (Å²) in [4.78, 5) is 26.9. The summed E-state index contributed by atoms with van der Waals surface area (Å²) in [6.45, 7) is 6.89. The summed E-state index contributed by atoms with van der Waals surface area (Å²) in [5.41, 5.74) is 7.49. The topological polar surface area (TPSA) is 119 Å². The van der Waals surface area contributed by atoms with E-state index in [2.05, 4.69) is 20.8 Å². The minimum atomic E-state index is -0.607. The van der Waals surface area contributed by atoms with Crippen LogP contribution in [0.4, 0.5) is 0 Å². The molecule has 1 aromatic carbocycles. The zero-order chi connectivity index (χ0) is 21.2. The van der Waals surface area contributed by atoms with Crippen molar-refractivity contribution in [1.29, 1.82) is 0 Å². The number of tetrazole rings is 1. The Labute approximate surface area is 174 Å². The first kappa shape index (κ1) is 21.2. The third kappa shape index (κ3) is 5.10. The Morgan fingerprint density at radius 1 is 1.38 bits per heavy atom. The van der Waals surface area contributed by atoms with Crippen molar-refractivity contribution in [2.24, 2.45) is 11.1 Å². The molecule has 0 saturated carbocycles.